The molecule has 124 valence electrons. The molecule has 0 radical (unpaired) electrons. The summed E-state index contributed by atoms with van der Waals surface area (Å²) < 4.78 is 0. The third-order valence-corrected chi connectivity index (χ3v) is 4.98. The molecule has 0 aliphatic heterocycles. The summed E-state index contributed by atoms with van der Waals surface area (Å²) in [6.07, 6.45) is 3.71. The summed E-state index contributed by atoms with van der Waals surface area (Å²) >= 11 is 0. The molecule has 0 spiro atoms. The van der Waals surface area contributed by atoms with E-state index in [1.807, 2.05) is 0 Å². The highest BCUT2D eigenvalue weighted by Crippen LogP contribution is 2.38. The fourth-order valence-electron chi connectivity index (χ4n) is 3.27. The highest BCUT2D eigenvalue weighted by Gasteiger charge is 2.29. The van der Waals surface area contributed by atoms with E-state index < -0.39 is 0 Å². The number of rotatable bonds is 5. The first-order valence-corrected chi connectivity index (χ1v) is 8.85. The lowest BCUT2D eigenvalue weighted by Gasteiger charge is -2.32. The normalized spacial score (nSPS) is 12.4. The minimum atomic E-state index is 0.0899. The van der Waals surface area contributed by atoms with Crippen molar-refractivity contribution in [1.82, 2.24) is 0 Å². The van der Waals surface area contributed by atoms with Gasteiger partial charge in [-0.25, -0.2) is 0 Å². The van der Waals surface area contributed by atoms with Crippen LogP contribution in [0.2, 0.25) is 0 Å². The van der Waals surface area contributed by atoms with Crippen molar-refractivity contribution in [2.45, 2.75) is 66.2 Å². The average molecular weight is 309 g/mol. The quantitative estimate of drug-likeness (QED) is 0.568. The van der Waals surface area contributed by atoms with Gasteiger partial charge in [-0.1, -0.05) is 93.8 Å². The zero-order chi connectivity index (χ0) is 17.1. The third-order valence-electron chi connectivity index (χ3n) is 4.98. The van der Waals surface area contributed by atoms with Gasteiger partial charge in [0.1, 0.15) is 0 Å². The molecular formula is C23H32. The van der Waals surface area contributed by atoms with E-state index in [4.69, 9.17) is 0 Å². The van der Waals surface area contributed by atoms with Crippen LogP contribution in [0.4, 0.5) is 0 Å². The first-order valence-electron chi connectivity index (χ1n) is 8.85. The van der Waals surface area contributed by atoms with Crippen LogP contribution in [0.25, 0.3) is 0 Å². The lowest BCUT2D eigenvalue weighted by atomic mass is 9.71. The molecule has 0 saturated carbocycles. The van der Waals surface area contributed by atoms with E-state index in [1.54, 1.807) is 0 Å². The van der Waals surface area contributed by atoms with Crippen LogP contribution in [0.1, 0.15) is 69.2 Å². The number of aryl methyl sites for hydroxylation is 2. The van der Waals surface area contributed by atoms with E-state index in [9.17, 15) is 0 Å². The van der Waals surface area contributed by atoms with Crippen molar-refractivity contribution in [3.8, 4) is 0 Å². The Labute approximate surface area is 143 Å². The zero-order valence-electron chi connectivity index (χ0n) is 15.7. The average Bonchev–Trinajstić information content (AvgIpc) is 2.47. The number of hydrogen-bond donors (Lipinski definition) is 0. The number of benzene rings is 2. The minimum Gasteiger partial charge on any atom is -0.0602 e. The monoisotopic (exact) mass is 308 g/mol. The largest absolute Gasteiger partial charge is 0.0602 e. The molecule has 0 aliphatic rings. The van der Waals surface area contributed by atoms with E-state index in [0.717, 1.165) is 0 Å². The van der Waals surface area contributed by atoms with Gasteiger partial charge in [0.05, 0.1) is 0 Å². The molecule has 0 N–H and O–H groups in total. The molecule has 23 heavy (non-hydrogen) atoms. The first kappa shape index (κ1) is 17.8. The first-order chi connectivity index (χ1) is 10.7. The lowest BCUT2D eigenvalue weighted by Crippen LogP contribution is -2.24. The van der Waals surface area contributed by atoms with Crippen molar-refractivity contribution >= 4 is 0 Å². The van der Waals surface area contributed by atoms with Crippen LogP contribution in [-0.2, 0) is 5.41 Å². The molecule has 0 saturated heterocycles. The molecule has 0 aliphatic carbocycles. The smallest absolute Gasteiger partial charge is 0.0174 e. The molecule has 0 amide bonds. The second kappa shape index (κ2) is 6.91. The Balaban J connectivity index is 2.33. The summed E-state index contributed by atoms with van der Waals surface area (Å²) in [5, 5.41) is 0. The van der Waals surface area contributed by atoms with Gasteiger partial charge in [-0.15, -0.1) is 0 Å². The number of hydrogen-bond acceptors (Lipinski definition) is 0. The minimum absolute atomic E-state index is 0.0899. The standard InChI is InChI=1S/C23H32/c1-18-8-12-20(13-9-18)23(6,17-7-16-22(3,4)5)21-14-10-19(2)11-15-21/h8-15H,7,16-17H2,1-6H3. The molecule has 2 aromatic rings. The second-order valence-electron chi connectivity index (χ2n) is 8.48. The highest BCUT2D eigenvalue weighted by molar-refractivity contribution is 5.40. The van der Waals surface area contributed by atoms with Gasteiger partial charge in [0.15, 0.2) is 0 Å². The van der Waals surface area contributed by atoms with Gasteiger partial charge in [-0.3, -0.25) is 0 Å². The van der Waals surface area contributed by atoms with Crippen LogP contribution in [0.15, 0.2) is 48.5 Å². The predicted molar refractivity (Wildman–Crippen MR) is 102 cm³/mol. The predicted octanol–water partition coefficient (Wildman–Crippen LogP) is 6.83. The molecule has 0 bridgehead atoms. The Morgan fingerprint density at radius 2 is 1.00 bits per heavy atom. The van der Waals surface area contributed by atoms with Gasteiger partial charge >= 0.3 is 0 Å². The van der Waals surface area contributed by atoms with Crippen molar-refractivity contribution in [3.63, 3.8) is 0 Å². The van der Waals surface area contributed by atoms with Gasteiger partial charge < -0.3 is 0 Å². The Morgan fingerprint density at radius 3 is 1.35 bits per heavy atom. The third kappa shape index (κ3) is 4.70. The van der Waals surface area contributed by atoms with Crippen LogP contribution in [0.3, 0.4) is 0 Å². The Kier molecular flexibility index (Phi) is 5.34. The molecule has 0 fully saturated rings. The van der Waals surface area contributed by atoms with Crippen molar-refractivity contribution in [2.75, 3.05) is 0 Å². The molecule has 0 atom stereocenters. The molecule has 0 unspecified atom stereocenters. The second-order valence-corrected chi connectivity index (χ2v) is 8.48. The molecular weight excluding hydrogens is 276 g/mol. The summed E-state index contributed by atoms with van der Waals surface area (Å²) in [7, 11) is 0. The maximum atomic E-state index is 2.41. The van der Waals surface area contributed by atoms with Crippen LogP contribution >= 0.6 is 0 Å². The maximum absolute atomic E-state index is 2.41. The van der Waals surface area contributed by atoms with Crippen LogP contribution in [-0.4, -0.2) is 0 Å². The molecule has 2 rings (SSSR count). The maximum Gasteiger partial charge on any atom is 0.0174 e. The summed E-state index contributed by atoms with van der Waals surface area (Å²) in [5.74, 6) is 0. The Hall–Kier alpha value is -1.56. The highest BCUT2D eigenvalue weighted by atomic mass is 14.3. The van der Waals surface area contributed by atoms with Crippen LogP contribution in [0, 0.1) is 19.3 Å². The van der Waals surface area contributed by atoms with Crippen molar-refractivity contribution in [3.05, 3.63) is 70.8 Å². The van der Waals surface area contributed by atoms with E-state index in [-0.39, 0.29) is 5.41 Å². The molecule has 0 heteroatoms. The fraction of sp³-hybridized carbons (Fsp3) is 0.478. The Bertz CT molecular complexity index is 563. The van der Waals surface area contributed by atoms with Gasteiger partial charge in [0.25, 0.3) is 0 Å². The van der Waals surface area contributed by atoms with Gasteiger partial charge in [-0.05, 0) is 43.2 Å². The molecule has 0 heterocycles. The van der Waals surface area contributed by atoms with Gasteiger partial charge in [-0.2, -0.15) is 0 Å². The molecule has 0 aromatic heterocycles. The summed E-state index contributed by atoms with van der Waals surface area (Å²) in [5.41, 5.74) is 6.01. The van der Waals surface area contributed by atoms with Gasteiger partial charge in [0, 0.05) is 5.41 Å². The molecule has 2 aromatic carbocycles. The van der Waals surface area contributed by atoms with Crippen LogP contribution < -0.4 is 0 Å². The summed E-state index contributed by atoms with van der Waals surface area (Å²) in [4.78, 5) is 0. The van der Waals surface area contributed by atoms with Crippen molar-refractivity contribution in [1.29, 1.82) is 0 Å². The topological polar surface area (TPSA) is 0 Å². The SMILES string of the molecule is Cc1ccc(C(C)(CCCC(C)(C)C)c2ccc(C)cc2)cc1. The van der Waals surface area contributed by atoms with Gasteiger partial charge in [0.2, 0.25) is 0 Å². The van der Waals surface area contributed by atoms with Crippen LogP contribution in [0.5, 0.6) is 0 Å². The van der Waals surface area contributed by atoms with E-state index in [2.05, 4.69) is 90.1 Å². The van der Waals surface area contributed by atoms with Crippen molar-refractivity contribution in [2.24, 2.45) is 5.41 Å². The van der Waals surface area contributed by atoms with E-state index >= 15 is 0 Å². The Morgan fingerprint density at radius 1 is 0.609 bits per heavy atom. The summed E-state index contributed by atoms with van der Waals surface area (Å²) in [6, 6.07) is 18.2. The van der Waals surface area contributed by atoms with Crippen molar-refractivity contribution < 1.29 is 0 Å². The lowest BCUT2D eigenvalue weighted by molar-refractivity contribution is 0.340. The fourth-order valence-corrected chi connectivity index (χ4v) is 3.27. The molecule has 0 nitrogen and oxygen atoms in total. The zero-order valence-corrected chi connectivity index (χ0v) is 15.7. The van der Waals surface area contributed by atoms with E-state index in [0.29, 0.717) is 5.41 Å². The summed E-state index contributed by atoms with van der Waals surface area (Å²) in [6.45, 7) is 13.7. The van der Waals surface area contributed by atoms with E-state index in [1.165, 1.54) is 41.5 Å².